The molecule has 1 aliphatic carbocycles. The Kier molecular flexibility index (Phi) is 2.53. The van der Waals surface area contributed by atoms with Gasteiger partial charge in [0.25, 0.3) is 0 Å². The van der Waals surface area contributed by atoms with E-state index >= 15 is 0 Å². The Labute approximate surface area is 70.0 Å². The van der Waals surface area contributed by atoms with Crippen molar-refractivity contribution in [3.05, 3.63) is 22.8 Å². The van der Waals surface area contributed by atoms with Crippen LogP contribution < -0.4 is 0 Å². The van der Waals surface area contributed by atoms with Crippen LogP contribution in [-0.4, -0.2) is 0 Å². The van der Waals surface area contributed by atoms with E-state index in [1.165, 1.54) is 12.8 Å². The Morgan fingerprint density at radius 3 is 2.36 bits per heavy atom. The molecule has 1 atom stereocenters. The van der Waals surface area contributed by atoms with E-state index in [1.54, 1.807) is 16.7 Å². The second-order valence-corrected chi connectivity index (χ2v) is 3.54. The quantitative estimate of drug-likeness (QED) is 0.563. The molecule has 0 N–H and O–H groups in total. The van der Waals surface area contributed by atoms with Crippen LogP contribution in [0.25, 0.3) is 0 Å². The number of rotatable bonds is 2. The van der Waals surface area contributed by atoms with Crippen LogP contribution in [0.15, 0.2) is 22.8 Å². The molecule has 0 radical (unpaired) electrons. The van der Waals surface area contributed by atoms with Gasteiger partial charge in [0.15, 0.2) is 0 Å². The zero-order chi connectivity index (χ0) is 8.43. The van der Waals surface area contributed by atoms with Gasteiger partial charge in [-0.05, 0) is 37.3 Å². The van der Waals surface area contributed by atoms with Gasteiger partial charge in [-0.1, -0.05) is 31.9 Å². The van der Waals surface area contributed by atoms with Crippen LogP contribution in [0.2, 0.25) is 0 Å². The normalized spacial score (nSPS) is 24.4. The average Bonchev–Trinajstić information content (AvgIpc) is 2.19. The number of hydrogen-bond acceptors (Lipinski definition) is 0. The molecule has 0 aromatic carbocycles. The lowest BCUT2D eigenvalue weighted by molar-refractivity contribution is 0.870. The minimum Gasteiger partial charge on any atom is -0.0741 e. The molecule has 1 rings (SSSR count). The van der Waals surface area contributed by atoms with Gasteiger partial charge in [-0.15, -0.1) is 0 Å². The molecule has 0 fully saturated rings. The van der Waals surface area contributed by atoms with E-state index in [2.05, 4.69) is 33.8 Å². The lowest BCUT2D eigenvalue weighted by atomic mass is 10.0. The molecule has 0 aromatic rings. The van der Waals surface area contributed by atoms with E-state index in [1.807, 2.05) is 0 Å². The maximum Gasteiger partial charge on any atom is -0.00427 e. The molecule has 1 aliphatic rings. The lowest BCUT2D eigenvalue weighted by Gasteiger charge is -2.02. The highest BCUT2D eigenvalue weighted by atomic mass is 14.2. The van der Waals surface area contributed by atoms with Crippen molar-refractivity contribution in [3.8, 4) is 0 Å². The Bertz CT molecular complexity index is 206. The third-order valence-corrected chi connectivity index (χ3v) is 2.73. The summed E-state index contributed by atoms with van der Waals surface area (Å²) in [6.45, 7) is 9.02. The SMILES string of the molecule is CCCC1=CC(C)C(C)=C1C. The van der Waals surface area contributed by atoms with Gasteiger partial charge in [-0.2, -0.15) is 0 Å². The van der Waals surface area contributed by atoms with Gasteiger partial charge in [0, 0.05) is 0 Å². The van der Waals surface area contributed by atoms with Gasteiger partial charge in [-0.3, -0.25) is 0 Å². The summed E-state index contributed by atoms with van der Waals surface area (Å²) in [6.07, 6.45) is 4.94. The monoisotopic (exact) mass is 150 g/mol. The Balaban J connectivity index is 2.77. The van der Waals surface area contributed by atoms with Crippen molar-refractivity contribution in [2.75, 3.05) is 0 Å². The molecule has 0 aliphatic heterocycles. The van der Waals surface area contributed by atoms with Crippen LogP contribution in [0, 0.1) is 5.92 Å². The minimum absolute atomic E-state index is 0.691. The zero-order valence-corrected chi connectivity index (χ0v) is 8.07. The molecule has 0 amide bonds. The molecule has 0 aromatic heterocycles. The summed E-state index contributed by atoms with van der Waals surface area (Å²) in [6, 6.07) is 0. The van der Waals surface area contributed by atoms with Gasteiger partial charge in [0.2, 0.25) is 0 Å². The highest BCUT2D eigenvalue weighted by molar-refractivity contribution is 5.42. The lowest BCUT2D eigenvalue weighted by Crippen LogP contribution is -1.86. The predicted octanol–water partition coefficient (Wildman–Crippen LogP) is 3.70. The topological polar surface area (TPSA) is 0 Å². The highest BCUT2D eigenvalue weighted by Gasteiger charge is 2.15. The minimum atomic E-state index is 0.691. The van der Waals surface area contributed by atoms with E-state index in [-0.39, 0.29) is 0 Å². The zero-order valence-electron chi connectivity index (χ0n) is 8.07. The van der Waals surface area contributed by atoms with E-state index in [9.17, 15) is 0 Å². The standard InChI is InChI=1S/C11H18/c1-5-6-11-7-8(2)9(3)10(11)4/h7-8H,5-6H2,1-4H3. The molecule has 0 nitrogen and oxygen atoms in total. The summed E-state index contributed by atoms with van der Waals surface area (Å²) in [5.74, 6) is 0.691. The van der Waals surface area contributed by atoms with Crippen LogP contribution in [0.3, 0.4) is 0 Å². The van der Waals surface area contributed by atoms with Crippen molar-refractivity contribution < 1.29 is 0 Å². The van der Waals surface area contributed by atoms with Gasteiger partial charge in [0.05, 0.1) is 0 Å². The summed E-state index contributed by atoms with van der Waals surface area (Å²) in [7, 11) is 0. The molecular weight excluding hydrogens is 132 g/mol. The Hall–Kier alpha value is -0.520. The molecule has 1 unspecified atom stereocenters. The molecule has 11 heavy (non-hydrogen) atoms. The van der Waals surface area contributed by atoms with E-state index in [0.717, 1.165) is 0 Å². The van der Waals surface area contributed by atoms with Crippen molar-refractivity contribution in [2.45, 2.75) is 40.5 Å². The summed E-state index contributed by atoms with van der Waals surface area (Å²) < 4.78 is 0. The Morgan fingerprint density at radius 2 is 2.00 bits per heavy atom. The first-order chi connectivity index (χ1) is 5.16. The van der Waals surface area contributed by atoms with E-state index in [4.69, 9.17) is 0 Å². The summed E-state index contributed by atoms with van der Waals surface area (Å²) in [5, 5.41) is 0. The second kappa shape index (κ2) is 3.25. The first kappa shape index (κ1) is 8.58. The summed E-state index contributed by atoms with van der Waals surface area (Å²) >= 11 is 0. The third-order valence-electron chi connectivity index (χ3n) is 2.73. The predicted molar refractivity (Wildman–Crippen MR) is 50.5 cm³/mol. The van der Waals surface area contributed by atoms with E-state index < -0.39 is 0 Å². The molecule has 0 saturated carbocycles. The van der Waals surface area contributed by atoms with Crippen molar-refractivity contribution >= 4 is 0 Å². The number of hydrogen-bond donors (Lipinski definition) is 0. The molecule has 0 saturated heterocycles. The van der Waals surface area contributed by atoms with Gasteiger partial charge >= 0.3 is 0 Å². The molecular formula is C11H18. The smallest absolute Gasteiger partial charge is 0.00427 e. The molecule has 0 heteroatoms. The van der Waals surface area contributed by atoms with Gasteiger partial charge in [-0.25, -0.2) is 0 Å². The third kappa shape index (κ3) is 1.55. The van der Waals surface area contributed by atoms with E-state index in [0.29, 0.717) is 5.92 Å². The van der Waals surface area contributed by atoms with Crippen molar-refractivity contribution in [1.29, 1.82) is 0 Å². The van der Waals surface area contributed by atoms with Crippen LogP contribution in [-0.2, 0) is 0 Å². The molecule has 0 heterocycles. The number of allylic oxidation sites excluding steroid dienone is 4. The average molecular weight is 150 g/mol. The maximum atomic E-state index is 2.41. The fourth-order valence-electron chi connectivity index (χ4n) is 1.69. The van der Waals surface area contributed by atoms with Crippen molar-refractivity contribution in [1.82, 2.24) is 0 Å². The van der Waals surface area contributed by atoms with Crippen LogP contribution in [0.4, 0.5) is 0 Å². The van der Waals surface area contributed by atoms with Crippen LogP contribution >= 0.6 is 0 Å². The molecule has 62 valence electrons. The summed E-state index contributed by atoms with van der Waals surface area (Å²) in [4.78, 5) is 0. The Morgan fingerprint density at radius 1 is 1.36 bits per heavy atom. The second-order valence-electron chi connectivity index (χ2n) is 3.54. The van der Waals surface area contributed by atoms with Crippen LogP contribution in [0.1, 0.15) is 40.5 Å². The maximum absolute atomic E-state index is 2.41. The van der Waals surface area contributed by atoms with Crippen LogP contribution in [0.5, 0.6) is 0 Å². The van der Waals surface area contributed by atoms with Crippen molar-refractivity contribution in [3.63, 3.8) is 0 Å². The van der Waals surface area contributed by atoms with Gasteiger partial charge < -0.3 is 0 Å². The fraction of sp³-hybridized carbons (Fsp3) is 0.636. The molecule has 0 spiro atoms. The summed E-state index contributed by atoms with van der Waals surface area (Å²) in [5.41, 5.74) is 4.69. The first-order valence-electron chi connectivity index (χ1n) is 4.55. The largest absolute Gasteiger partial charge is 0.0741 e. The highest BCUT2D eigenvalue weighted by Crippen LogP contribution is 2.32. The van der Waals surface area contributed by atoms with Crippen molar-refractivity contribution in [2.24, 2.45) is 5.92 Å². The first-order valence-corrected chi connectivity index (χ1v) is 4.55. The van der Waals surface area contributed by atoms with Gasteiger partial charge in [0.1, 0.15) is 0 Å². The molecule has 0 bridgehead atoms. The fourth-order valence-corrected chi connectivity index (χ4v) is 1.69.